The van der Waals surface area contributed by atoms with Crippen LogP contribution in [0.3, 0.4) is 0 Å². The van der Waals surface area contributed by atoms with Crippen LogP contribution in [0.25, 0.3) is 5.78 Å². The van der Waals surface area contributed by atoms with Crippen molar-refractivity contribution >= 4 is 11.7 Å². The van der Waals surface area contributed by atoms with Gasteiger partial charge in [0.15, 0.2) is 0 Å². The third-order valence-corrected chi connectivity index (χ3v) is 5.34. The highest BCUT2D eigenvalue weighted by molar-refractivity contribution is 5.95. The van der Waals surface area contributed by atoms with Crippen LogP contribution in [-0.4, -0.2) is 53.3 Å². The number of alkyl halides is 2. The first-order valence-corrected chi connectivity index (χ1v) is 9.07. The van der Waals surface area contributed by atoms with Gasteiger partial charge in [0, 0.05) is 31.7 Å². The van der Waals surface area contributed by atoms with Gasteiger partial charge >= 0.3 is 0 Å². The minimum atomic E-state index is -2.71. The van der Waals surface area contributed by atoms with Gasteiger partial charge in [0.1, 0.15) is 12.0 Å². The number of rotatable bonds is 3. The number of aryl methyl sites for hydroxylation is 2. The summed E-state index contributed by atoms with van der Waals surface area (Å²) in [5.74, 6) is 0.0371. The van der Waals surface area contributed by atoms with Crippen LogP contribution >= 0.6 is 0 Å². The van der Waals surface area contributed by atoms with Crippen LogP contribution in [0.5, 0.6) is 0 Å². The number of nitrogens with zero attached hydrogens (tertiary/aromatic N) is 7. The van der Waals surface area contributed by atoms with E-state index in [1.54, 1.807) is 29.7 Å². The number of carbonyl (C=O) groups is 1. The summed E-state index contributed by atoms with van der Waals surface area (Å²) in [5.41, 5.74) is 0.930. The molecule has 4 rings (SSSR count). The molecular formula is C18H21F2N7O. The summed E-state index contributed by atoms with van der Waals surface area (Å²) >= 11 is 0. The fourth-order valence-electron chi connectivity index (χ4n) is 3.97. The maximum Gasteiger partial charge on any atom is 0.280 e. The van der Waals surface area contributed by atoms with Crippen LogP contribution in [0.1, 0.15) is 53.6 Å². The molecule has 0 saturated carbocycles. The van der Waals surface area contributed by atoms with Crippen LogP contribution in [0, 0.1) is 6.92 Å². The Bertz CT molecular complexity index is 1040. The zero-order valence-electron chi connectivity index (χ0n) is 15.9. The molecule has 0 spiro atoms. The van der Waals surface area contributed by atoms with Crippen molar-refractivity contribution in [3.05, 3.63) is 41.2 Å². The topological polar surface area (TPSA) is 81.2 Å². The molecule has 3 aromatic rings. The van der Waals surface area contributed by atoms with Crippen molar-refractivity contribution < 1.29 is 13.6 Å². The molecule has 0 N–H and O–H groups in total. The number of amides is 1. The third-order valence-electron chi connectivity index (χ3n) is 5.34. The van der Waals surface area contributed by atoms with E-state index in [2.05, 4.69) is 20.2 Å². The summed E-state index contributed by atoms with van der Waals surface area (Å²) in [5, 5.41) is 8.41. The molecule has 0 bridgehead atoms. The molecule has 0 radical (unpaired) electrons. The van der Waals surface area contributed by atoms with E-state index in [1.165, 1.54) is 16.9 Å². The van der Waals surface area contributed by atoms with Gasteiger partial charge in [-0.05, 0) is 25.8 Å². The van der Waals surface area contributed by atoms with Gasteiger partial charge in [-0.1, -0.05) is 6.92 Å². The lowest BCUT2D eigenvalue weighted by Crippen LogP contribution is -2.48. The van der Waals surface area contributed by atoms with E-state index in [0.29, 0.717) is 30.0 Å². The Morgan fingerprint density at radius 1 is 1.36 bits per heavy atom. The first-order valence-electron chi connectivity index (χ1n) is 9.07. The smallest absolute Gasteiger partial charge is 0.280 e. The van der Waals surface area contributed by atoms with Crippen LogP contribution < -0.4 is 0 Å². The molecule has 1 fully saturated rings. The number of piperidine rings is 1. The number of hydrogen-bond donors (Lipinski definition) is 0. The highest BCUT2D eigenvalue weighted by Crippen LogP contribution is 2.35. The predicted molar refractivity (Wildman–Crippen MR) is 96.2 cm³/mol. The van der Waals surface area contributed by atoms with Crippen molar-refractivity contribution in [2.45, 2.75) is 38.5 Å². The highest BCUT2D eigenvalue weighted by Gasteiger charge is 2.38. The molecule has 0 aliphatic carbocycles. The van der Waals surface area contributed by atoms with Gasteiger partial charge in [0.2, 0.25) is 0 Å². The van der Waals surface area contributed by atoms with Gasteiger partial charge in [-0.2, -0.15) is 15.2 Å². The third kappa shape index (κ3) is 3.02. The normalized spacial score (nSPS) is 20.3. The fraction of sp³-hybridized carbons (Fsp3) is 0.500. The van der Waals surface area contributed by atoms with E-state index >= 15 is 0 Å². The second kappa shape index (κ2) is 6.61. The van der Waals surface area contributed by atoms with Crippen molar-refractivity contribution in [1.29, 1.82) is 0 Å². The molecule has 148 valence electrons. The lowest BCUT2D eigenvalue weighted by Gasteiger charge is -2.40. The van der Waals surface area contributed by atoms with E-state index < -0.39 is 11.8 Å². The van der Waals surface area contributed by atoms with Crippen molar-refractivity contribution in [3.8, 4) is 0 Å². The summed E-state index contributed by atoms with van der Waals surface area (Å²) in [6.07, 6.45) is 1.80. The SMILES string of the molecule is Cc1nn(C)cc1C(=O)N1CCC[C@](C)(c2cc(C(F)F)nc3ncnn23)C1. The number of halogens is 2. The van der Waals surface area contributed by atoms with Crippen molar-refractivity contribution in [1.82, 2.24) is 34.3 Å². The Kier molecular flexibility index (Phi) is 4.35. The average Bonchev–Trinajstić information content (AvgIpc) is 3.25. The molecule has 0 unspecified atom stereocenters. The molecule has 10 heteroatoms. The molecule has 8 nitrogen and oxygen atoms in total. The molecule has 1 amide bonds. The average molecular weight is 389 g/mol. The van der Waals surface area contributed by atoms with Gasteiger partial charge in [0.25, 0.3) is 18.1 Å². The molecule has 3 aromatic heterocycles. The largest absolute Gasteiger partial charge is 0.338 e. The molecule has 1 aliphatic rings. The molecular weight excluding hydrogens is 368 g/mol. The summed E-state index contributed by atoms with van der Waals surface area (Å²) in [7, 11) is 1.77. The maximum absolute atomic E-state index is 13.4. The second-order valence-corrected chi connectivity index (χ2v) is 7.53. The summed E-state index contributed by atoms with van der Waals surface area (Å²) in [6.45, 7) is 4.76. The summed E-state index contributed by atoms with van der Waals surface area (Å²) in [6, 6.07) is 1.38. The molecule has 0 aromatic carbocycles. The predicted octanol–water partition coefficient (Wildman–Crippen LogP) is 2.30. The highest BCUT2D eigenvalue weighted by atomic mass is 19.3. The fourth-order valence-corrected chi connectivity index (χ4v) is 3.97. The van der Waals surface area contributed by atoms with Crippen LogP contribution in [0.15, 0.2) is 18.6 Å². The number of carbonyl (C=O) groups excluding carboxylic acids is 1. The molecule has 28 heavy (non-hydrogen) atoms. The van der Waals surface area contributed by atoms with Crippen LogP contribution in [-0.2, 0) is 12.5 Å². The van der Waals surface area contributed by atoms with Gasteiger partial charge in [-0.25, -0.2) is 18.3 Å². The quantitative estimate of drug-likeness (QED) is 0.687. The Morgan fingerprint density at radius 3 is 2.82 bits per heavy atom. The summed E-state index contributed by atoms with van der Waals surface area (Å²) < 4.78 is 29.8. The molecule has 1 atom stereocenters. The monoisotopic (exact) mass is 389 g/mol. The Labute approximate surface area is 160 Å². The first kappa shape index (κ1) is 18.5. The Morgan fingerprint density at radius 2 is 2.14 bits per heavy atom. The first-order chi connectivity index (χ1) is 13.3. The zero-order chi connectivity index (χ0) is 20.1. The number of aromatic nitrogens is 6. The maximum atomic E-state index is 13.4. The van der Waals surface area contributed by atoms with Gasteiger partial charge in [0.05, 0.1) is 17.0 Å². The van der Waals surface area contributed by atoms with E-state index in [1.807, 2.05) is 6.92 Å². The number of fused-ring (bicyclic) bond motifs is 1. The van der Waals surface area contributed by atoms with Crippen LogP contribution in [0.2, 0.25) is 0 Å². The summed E-state index contributed by atoms with van der Waals surface area (Å²) in [4.78, 5) is 22.7. The minimum Gasteiger partial charge on any atom is -0.338 e. The second-order valence-electron chi connectivity index (χ2n) is 7.53. The van der Waals surface area contributed by atoms with Gasteiger partial charge < -0.3 is 4.90 Å². The van der Waals surface area contributed by atoms with Crippen LogP contribution in [0.4, 0.5) is 8.78 Å². The molecule has 1 saturated heterocycles. The number of hydrogen-bond acceptors (Lipinski definition) is 5. The molecule has 4 heterocycles. The Balaban J connectivity index is 1.72. The standard InChI is InChI=1S/C18H21F2N7O/c1-11-12(8-25(3)24-11)16(28)26-6-4-5-18(2,9-26)14-7-13(15(19)20)23-17-21-10-22-27(14)17/h7-8,10,15H,4-6,9H2,1-3H3/t18-/m0/s1. The van der Waals surface area contributed by atoms with Crippen molar-refractivity contribution in [2.24, 2.45) is 7.05 Å². The lowest BCUT2D eigenvalue weighted by atomic mass is 9.78. The Hall–Kier alpha value is -2.91. The van der Waals surface area contributed by atoms with E-state index in [-0.39, 0.29) is 17.4 Å². The van der Waals surface area contributed by atoms with E-state index in [9.17, 15) is 13.6 Å². The van der Waals surface area contributed by atoms with E-state index in [0.717, 1.165) is 12.8 Å². The van der Waals surface area contributed by atoms with E-state index in [4.69, 9.17) is 0 Å². The zero-order valence-corrected chi connectivity index (χ0v) is 15.9. The van der Waals surface area contributed by atoms with Crippen molar-refractivity contribution in [2.75, 3.05) is 13.1 Å². The lowest BCUT2D eigenvalue weighted by molar-refractivity contribution is 0.0644. The van der Waals surface area contributed by atoms with Gasteiger partial charge in [-0.3, -0.25) is 9.48 Å². The van der Waals surface area contributed by atoms with Gasteiger partial charge in [-0.15, -0.1) is 0 Å². The molecule has 1 aliphatic heterocycles. The van der Waals surface area contributed by atoms with Crippen molar-refractivity contribution in [3.63, 3.8) is 0 Å². The minimum absolute atomic E-state index is 0.102. The number of likely N-dealkylation sites (tertiary alicyclic amines) is 1.